The first-order valence-electron chi connectivity index (χ1n) is 14.3. The Labute approximate surface area is 239 Å². The van der Waals surface area contributed by atoms with Crippen LogP contribution in [0.25, 0.3) is 23.1 Å². The largest absolute Gasteiger partial charge is 0.497 e. The fraction of sp³-hybridized carbons (Fsp3) is 0.333. The molecule has 210 valence electrons. The Morgan fingerprint density at radius 1 is 1.12 bits per heavy atom. The number of rotatable bonds is 7. The molecule has 2 atom stereocenters. The van der Waals surface area contributed by atoms with E-state index in [9.17, 15) is 4.79 Å². The van der Waals surface area contributed by atoms with Crippen molar-refractivity contribution >= 4 is 34.6 Å². The Bertz CT molecular complexity index is 1650. The van der Waals surface area contributed by atoms with Crippen LogP contribution in [0.4, 0.5) is 5.69 Å². The minimum absolute atomic E-state index is 0.182. The second-order valence-electron chi connectivity index (χ2n) is 12.0. The van der Waals surface area contributed by atoms with E-state index < -0.39 is 0 Å². The van der Waals surface area contributed by atoms with Crippen LogP contribution in [0.5, 0.6) is 5.75 Å². The van der Waals surface area contributed by atoms with Gasteiger partial charge in [0.05, 0.1) is 24.0 Å². The maximum absolute atomic E-state index is 11.7. The van der Waals surface area contributed by atoms with Crippen molar-refractivity contribution in [2.45, 2.75) is 44.2 Å². The summed E-state index contributed by atoms with van der Waals surface area (Å²) in [6.07, 6.45) is 6.72. The van der Waals surface area contributed by atoms with Gasteiger partial charge in [-0.15, -0.1) is 0 Å². The lowest BCUT2D eigenvalue weighted by Crippen LogP contribution is -2.45. The van der Waals surface area contributed by atoms with Crippen LogP contribution in [0, 0.1) is 5.41 Å². The van der Waals surface area contributed by atoms with Gasteiger partial charge in [-0.1, -0.05) is 49.4 Å². The number of aromatic nitrogens is 2. The quantitative estimate of drug-likeness (QED) is 0.278. The number of nitrogens with one attached hydrogen (secondary N) is 2. The van der Waals surface area contributed by atoms with E-state index in [-0.39, 0.29) is 22.8 Å². The number of amides is 1. The molecule has 1 saturated heterocycles. The zero-order valence-electron chi connectivity index (χ0n) is 23.4. The van der Waals surface area contributed by atoms with Crippen molar-refractivity contribution in [3.05, 3.63) is 88.6 Å². The van der Waals surface area contributed by atoms with Gasteiger partial charge in [0.1, 0.15) is 11.4 Å². The molecule has 1 amide bonds. The summed E-state index contributed by atoms with van der Waals surface area (Å²) in [5.41, 5.74) is 15.7. The molecule has 1 aromatic heterocycles. The van der Waals surface area contributed by atoms with Crippen LogP contribution in [0.1, 0.15) is 60.1 Å². The predicted octanol–water partition coefficient (Wildman–Crippen LogP) is 5.57. The van der Waals surface area contributed by atoms with Crippen LogP contribution >= 0.6 is 0 Å². The number of H-pyrrole nitrogens is 1. The maximum atomic E-state index is 11.7. The number of benzene rings is 3. The van der Waals surface area contributed by atoms with E-state index in [4.69, 9.17) is 15.3 Å². The fourth-order valence-corrected chi connectivity index (χ4v) is 6.35. The van der Waals surface area contributed by atoms with Gasteiger partial charge in [0.15, 0.2) is 0 Å². The van der Waals surface area contributed by atoms with E-state index in [1.807, 2.05) is 19.1 Å². The van der Waals surface area contributed by atoms with E-state index in [1.165, 1.54) is 11.1 Å². The molecule has 1 spiro atoms. The number of fused-ring (bicyclic) bond motifs is 3. The molecule has 0 radical (unpaired) electrons. The van der Waals surface area contributed by atoms with Crippen molar-refractivity contribution in [1.29, 1.82) is 0 Å². The standard InChI is InChI=1S/C33H35N5O3/c1-32(31(34)39)13-15-38(16-14-32)20-22-5-3-21(4-6-22)7-11-28-25-10-8-23(17-30(25)36-35-28)27-19-33(27)26-18-24(40-2)9-12-29(26)37-41-33/h3-12,17-18,27,37H,13-16,19-20H2,1-2H3,(H2,34,39)(H,35,36)/b11-7+. The Kier molecular flexibility index (Phi) is 6.14. The molecule has 3 heterocycles. The average molecular weight is 550 g/mol. The van der Waals surface area contributed by atoms with Crippen molar-refractivity contribution in [2.75, 3.05) is 25.7 Å². The number of methoxy groups -OCH3 is 1. The predicted molar refractivity (Wildman–Crippen MR) is 160 cm³/mol. The molecule has 0 bridgehead atoms. The third-order valence-electron chi connectivity index (χ3n) is 9.33. The first-order valence-corrected chi connectivity index (χ1v) is 14.3. The topological polar surface area (TPSA) is 106 Å². The Balaban J connectivity index is 1.01. The normalized spacial score (nSPS) is 23.1. The van der Waals surface area contributed by atoms with Crippen molar-refractivity contribution < 1.29 is 14.4 Å². The van der Waals surface area contributed by atoms with Crippen LogP contribution in [0.15, 0.2) is 60.7 Å². The number of hydrogen-bond acceptors (Lipinski definition) is 6. The molecule has 2 fully saturated rings. The highest BCUT2D eigenvalue weighted by atomic mass is 16.7. The van der Waals surface area contributed by atoms with Crippen LogP contribution in [0.3, 0.4) is 0 Å². The van der Waals surface area contributed by atoms with Crippen molar-refractivity contribution in [3.8, 4) is 5.75 Å². The highest BCUT2D eigenvalue weighted by Crippen LogP contribution is 2.65. The molecule has 8 nitrogen and oxygen atoms in total. The number of anilines is 1. The van der Waals surface area contributed by atoms with E-state index >= 15 is 0 Å². The molecule has 1 saturated carbocycles. The second-order valence-corrected chi connectivity index (χ2v) is 12.0. The van der Waals surface area contributed by atoms with Crippen LogP contribution in [-0.4, -0.2) is 41.2 Å². The summed E-state index contributed by atoms with van der Waals surface area (Å²) >= 11 is 0. The molecular weight excluding hydrogens is 514 g/mol. The van der Waals surface area contributed by atoms with E-state index in [0.717, 1.165) is 78.1 Å². The van der Waals surface area contributed by atoms with Crippen molar-refractivity contribution in [1.82, 2.24) is 15.1 Å². The fourth-order valence-electron chi connectivity index (χ4n) is 6.35. The highest BCUT2D eigenvalue weighted by Gasteiger charge is 2.62. The number of carbonyl (C=O) groups is 1. The summed E-state index contributed by atoms with van der Waals surface area (Å²) in [7, 11) is 1.69. The maximum Gasteiger partial charge on any atom is 0.223 e. The molecule has 4 aromatic rings. The summed E-state index contributed by atoms with van der Waals surface area (Å²) in [6, 6.07) is 21.2. The third-order valence-corrected chi connectivity index (χ3v) is 9.33. The monoisotopic (exact) mass is 549 g/mol. The lowest BCUT2D eigenvalue weighted by Gasteiger charge is -2.37. The van der Waals surface area contributed by atoms with Gasteiger partial charge in [0, 0.05) is 28.8 Å². The summed E-state index contributed by atoms with van der Waals surface area (Å²) < 4.78 is 5.45. The van der Waals surface area contributed by atoms with Gasteiger partial charge in [-0.3, -0.25) is 25.1 Å². The van der Waals surface area contributed by atoms with Gasteiger partial charge in [0.2, 0.25) is 5.91 Å². The summed E-state index contributed by atoms with van der Waals surface area (Å²) in [5.74, 6) is 0.928. The minimum Gasteiger partial charge on any atom is -0.497 e. The van der Waals surface area contributed by atoms with Gasteiger partial charge in [-0.2, -0.15) is 5.10 Å². The first-order chi connectivity index (χ1) is 19.9. The van der Waals surface area contributed by atoms with Crippen LogP contribution in [0.2, 0.25) is 0 Å². The minimum atomic E-state index is -0.369. The van der Waals surface area contributed by atoms with Gasteiger partial charge in [-0.05, 0) is 79.4 Å². The molecule has 2 unspecified atom stereocenters. The van der Waals surface area contributed by atoms with Gasteiger partial charge in [0.25, 0.3) is 0 Å². The number of hydrogen-bond donors (Lipinski definition) is 3. The number of nitrogens with zero attached hydrogens (tertiary/aromatic N) is 2. The van der Waals surface area contributed by atoms with E-state index in [1.54, 1.807) is 7.11 Å². The summed E-state index contributed by atoms with van der Waals surface area (Å²) in [4.78, 5) is 20.2. The average Bonchev–Trinajstić information content (AvgIpc) is 3.42. The molecule has 41 heavy (non-hydrogen) atoms. The molecule has 3 aromatic carbocycles. The molecule has 8 heteroatoms. The lowest BCUT2D eigenvalue weighted by molar-refractivity contribution is -0.129. The van der Waals surface area contributed by atoms with Gasteiger partial charge >= 0.3 is 0 Å². The zero-order chi connectivity index (χ0) is 28.2. The van der Waals surface area contributed by atoms with Gasteiger partial charge in [-0.25, -0.2) is 0 Å². The van der Waals surface area contributed by atoms with Crippen molar-refractivity contribution in [3.63, 3.8) is 0 Å². The van der Waals surface area contributed by atoms with E-state index in [2.05, 4.69) is 81.3 Å². The molecule has 7 rings (SSSR count). The smallest absolute Gasteiger partial charge is 0.223 e. The molecule has 1 aliphatic carbocycles. The van der Waals surface area contributed by atoms with Crippen LogP contribution in [-0.2, 0) is 21.8 Å². The second kappa shape index (κ2) is 9.75. The third kappa shape index (κ3) is 4.57. The molecule has 4 N–H and O–H groups in total. The number of ether oxygens (including phenoxy) is 1. The number of nitrogens with two attached hydrogens (primary N) is 1. The Hall–Kier alpha value is -4.14. The van der Waals surface area contributed by atoms with Crippen LogP contribution < -0.4 is 16.0 Å². The number of carbonyl (C=O) groups excluding carboxylic acids is 1. The number of aromatic amines is 1. The Morgan fingerprint density at radius 2 is 1.93 bits per heavy atom. The molecular formula is C33H35N5O3. The van der Waals surface area contributed by atoms with Crippen molar-refractivity contribution in [2.24, 2.45) is 11.1 Å². The van der Waals surface area contributed by atoms with E-state index in [0.29, 0.717) is 0 Å². The van der Waals surface area contributed by atoms with Gasteiger partial charge < -0.3 is 10.5 Å². The molecule has 2 aliphatic heterocycles. The lowest BCUT2D eigenvalue weighted by atomic mass is 9.80. The summed E-state index contributed by atoms with van der Waals surface area (Å²) in [6.45, 7) is 4.65. The summed E-state index contributed by atoms with van der Waals surface area (Å²) in [5, 5.41) is 8.90. The number of likely N-dealkylation sites (tertiary alicyclic amines) is 1. The zero-order valence-corrected chi connectivity index (χ0v) is 23.4. The molecule has 3 aliphatic rings. The Morgan fingerprint density at radius 3 is 2.68 bits per heavy atom. The number of primary amides is 1. The SMILES string of the molecule is COc1ccc2c(c1)C1(CC1c1ccc3c(/C=C/c4ccc(CN5CCC(C)(C(N)=O)CC5)cc4)n[nH]c3c1)ON2. The number of piperidine rings is 1. The highest BCUT2D eigenvalue weighted by molar-refractivity contribution is 5.90. The first kappa shape index (κ1) is 25.8.